The molecule has 5 aromatic heterocycles. The van der Waals surface area contributed by atoms with Crippen LogP contribution in [0.1, 0.15) is 0 Å². The molecule has 0 aliphatic heterocycles. The molecule has 0 atom stereocenters. The first kappa shape index (κ1) is 34.1. The van der Waals surface area contributed by atoms with Crippen LogP contribution in [-0.4, -0.2) is 32.5 Å². The van der Waals surface area contributed by atoms with E-state index in [1.807, 2.05) is 0 Å². The van der Waals surface area contributed by atoms with Crippen molar-refractivity contribution in [1.82, 2.24) is 32.5 Å². The molecule has 0 saturated heterocycles. The van der Waals surface area contributed by atoms with Crippen LogP contribution < -0.4 is 0 Å². The molecule has 0 unspecified atom stereocenters. The fraction of sp³-hybridized carbons (Fsp3) is 0. The highest BCUT2D eigenvalue weighted by atomic mass is 15.2. The highest BCUT2D eigenvalue weighted by Gasteiger charge is 2.23. The van der Waals surface area contributed by atoms with Crippen LogP contribution in [0.25, 0.3) is 117 Å². The molecular weight excluding hydrogens is 771 g/mol. The lowest BCUT2D eigenvalue weighted by Gasteiger charge is -2.13. The van der Waals surface area contributed by atoms with Gasteiger partial charge in [-0.25, -0.2) is 9.97 Å². The van der Waals surface area contributed by atoms with Crippen LogP contribution in [0, 0.1) is 0 Å². The maximum atomic E-state index is 5.35. The third kappa shape index (κ3) is 4.84. The second kappa shape index (κ2) is 12.9. The third-order valence-electron chi connectivity index (χ3n) is 12.9. The average Bonchev–Trinajstić information content (AvgIpc) is 4.15. The molecule has 0 fully saturated rings. The molecule has 0 saturated carbocycles. The molecular formula is C56H35N7. The smallest absolute Gasteiger partial charge is 0.220 e. The quantitative estimate of drug-likeness (QED) is 0.174. The summed E-state index contributed by atoms with van der Waals surface area (Å²) in [5.74, 6) is 1.76. The summed E-state index contributed by atoms with van der Waals surface area (Å²) < 4.78 is 11.7. The molecule has 0 bridgehead atoms. The maximum Gasteiger partial charge on any atom is 0.220 e. The molecule has 0 amide bonds. The molecule has 5 heterocycles. The summed E-state index contributed by atoms with van der Waals surface area (Å²) in [6.07, 6.45) is 0. The number of hydrogen-bond acceptors (Lipinski definition) is 2. The van der Waals surface area contributed by atoms with E-state index in [1.165, 1.54) is 27.4 Å². The summed E-state index contributed by atoms with van der Waals surface area (Å²) in [5.41, 5.74) is 18.6. The van der Waals surface area contributed by atoms with Crippen LogP contribution >= 0.6 is 0 Å². The predicted octanol–water partition coefficient (Wildman–Crippen LogP) is 13.6. The summed E-state index contributed by atoms with van der Waals surface area (Å²) in [6, 6.07) is 76.0. The van der Waals surface area contributed by atoms with Gasteiger partial charge in [-0.3, -0.25) is 17.9 Å². The Balaban J connectivity index is 1.00. The molecule has 0 spiro atoms. The largest absolute Gasteiger partial charge is 0.307 e. The molecule has 14 rings (SSSR count). The number of fused-ring (bicyclic) bond motifs is 13. The van der Waals surface area contributed by atoms with Gasteiger partial charge in [-0.1, -0.05) is 127 Å². The second-order valence-corrected chi connectivity index (χ2v) is 16.3. The number of nitrogens with zero attached hydrogens (tertiary/aromatic N) is 7. The van der Waals surface area contributed by atoms with Gasteiger partial charge in [0.05, 0.1) is 60.9 Å². The zero-order chi connectivity index (χ0) is 41.2. The van der Waals surface area contributed by atoms with Crippen molar-refractivity contribution in [1.29, 1.82) is 0 Å². The maximum absolute atomic E-state index is 5.35. The first-order chi connectivity index (χ1) is 31.3. The molecule has 7 nitrogen and oxygen atoms in total. The van der Waals surface area contributed by atoms with Gasteiger partial charge in [-0.15, -0.1) is 0 Å². The highest BCUT2D eigenvalue weighted by molar-refractivity contribution is 6.12. The van der Waals surface area contributed by atoms with E-state index < -0.39 is 0 Å². The first-order valence-electron chi connectivity index (χ1n) is 21.3. The normalized spacial score (nSPS) is 12.1. The second-order valence-electron chi connectivity index (χ2n) is 16.3. The van der Waals surface area contributed by atoms with Crippen LogP contribution in [0.15, 0.2) is 212 Å². The fourth-order valence-corrected chi connectivity index (χ4v) is 10.1. The summed E-state index contributed by atoms with van der Waals surface area (Å²) in [7, 11) is 0. The summed E-state index contributed by atoms with van der Waals surface area (Å²) in [6.45, 7) is 0. The van der Waals surface area contributed by atoms with Crippen LogP contribution in [0.4, 0.5) is 0 Å². The Hall–Kier alpha value is -8.68. The molecule has 294 valence electrons. The van der Waals surface area contributed by atoms with Crippen molar-refractivity contribution in [3.8, 4) is 39.3 Å². The summed E-state index contributed by atoms with van der Waals surface area (Å²) >= 11 is 0. The minimum absolute atomic E-state index is 0.873. The zero-order valence-electron chi connectivity index (χ0n) is 33.8. The lowest BCUT2D eigenvalue weighted by molar-refractivity contribution is 1.09. The monoisotopic (exact) mass is 805 g/mol. The molecule has 0 N–H and O–H groups in total. The molecule has 9 aromatic carbocycles. The average molecular weight is 806 g/mol. The van der Waals surface area contributed by atoms with Crippen molar-refractivity contribution in [3.63, 3.8) is 0 Å². The van der Waals surface area contributed by atoms with E-state index in [2.05, 4.69) is 235 Å². The van der Waals surface area contributed by atoms with E-state index >= 15 is 0 Å². The van der Waals surface area contributed by atoms with Gasteiger partial charge in [0.2, 0.25) is 11.6 Å². The van der Waals surface area contributed by atoms with Gasteiger partial charge in [0.1, 0.15) is 0 Å². The summed E-state index contributed by atoms with van der Waals surface area (Å²) in [4.78, 5) is 10.6. The Bertz CT molecular complexity index is 4120. The lowest BCUT2D eigenvalue weighted by atomic mass is 10.0. The Kier molecular flexibility index (Phi) is 6.98. The topological polar surface area (TPSA) is 49.4 Å². The van der Waals surface area contributed by atoms with E-state index in [-0.39, 0.29) is 0 Å². The van der Waals surface area contributed by atoms with Crippen LogP contribution in [0.2, 0.25) is 0 Å². The number of para-hydroxylation sites is 7. The minimum atomic E-state index is 0.873. The fourth-order valence-electron chi connectivity index (χ4n) is 10.1. The molecule has 0 aliphatic carbocycles. The first-order valence-corrected chi connectivity index (χ1v) is 21.3. The van der Waals surface area contributed by atoms with Crippen molar-refractivity contribution < 1.29 is 0 Å². The van der Waals surface area contributed by atoms with E-state index in [1.54, 1.807) is 0 Å². The summed E-state index contributed by atoms with van der Waals surface area (Å²) in [5, 5.41) is 2.42. The number of aromatic nitrogens is 7. The predicted molar refractivity (Wildman–Crippen MR) is 258 cm³/mol. The van der Waals surface area contributed by atoms with Crippen LogP contribution in [0.3, 0.4) is 0 Å². The van der Waals surface area contributed by atoms with E-state index in [0.717, 1.165) is 89.4 Å². The van der Waals surface area contributed by atoms with E-state index in [9.17, 15) is 0 Å². The van der Waals surface area contributed by atoms with Crippen LogP contribution in [-0.2, 0) is 0 Å². The minimum Gasteiger partial charge on any atom is -0.307 e. The van der Waals surface area contributed by atoms with Crippen molar-refractivity contribution in [2.75, 3.05) is 0 Å². The standard InChI is InChI=1S/C56H35N7/c1-3-14-36(15-4-1)37-26-30-41(31-27-37)60-49-32-28-38(34-52(49)61-47-23-11-8-20-44(47)57-55(60)61)39-29-33-50-53(35-39)62-48-24-12-9-21-45(48)58-56(62)63(50)51-25-13-19-43-42-18-7-10-22-46(42)59(54(43)51)40-16-5-2-6-17-40/h1-35H. The zero-order valence-corrected chi connectivity index (χ0v) is 33.8. The van der Waals surface area contributed by atoms with Gasteiger partial charge in [-0.05, 0) is 107 Å². The van der Waals surface area contributed by atoms with Gasteiger partial charge in [0, 0.05) is 22.1 Å². The van der Waals surface area contributed by atoms with E-state index in [4.69, 9.17) is 9.97 Å². The highest BCUT2D eigenvalue weighted by Crippen LogP contribution is 2.40. The SMILES string of the molecule is c1ccc(-c2ccc(-n3c4ccc(-c5ccc6c(c5)n5c7ccccc7nc5n6-c5cccc6c7ccccc7n(-c7ccccc7)c56)cc4n4c5ccccc5nc34)cc2)cc1. The number of imidazole rings is 4. The lowest BCUT2D eigenvalue weighted by Crippen LogP contribution is -2.01. The molecule has 0 aliphatic rings. The molecule has 0 radical (unpaired) electrons. The Morgan fingerprint density at radius 1 is 0.286 bits per heavy atom. The van der Waals surface area contributed by atoms with Gasteiger partial charge in [-0.2, -0.15) is 0 Å². The van der Waals surface area contributed by atoms with Crippen molar-refractivity contribution in [3.05, 3.63) is 212 Å². The van der Waals surface area contributed by atoms with Crippen LogP contribution in [0.5, 0.6) is 0 Å². The van der Waals surface area contributed by atoms with E-state index in [0.29, 0.717) is 0 Å². The van der Waals surface area contributed by atoms with Gasteiger partial charge in [0.25, 0.3) is 0 Å². The Morgan fingerprint density at radius 3 is 1.44 bits per heavy atom. The Morgan fingerprint density at radius 2 is 0.778 bits per heavy atom. The number of hydrogen-bond donors (Lipinski definition) is 0. The number of rotatable bonds is 5. The number of benzene rings is 9. The van der Waals surface area contributed by atoms with Gasteiger partial charge >= 0.3 is 0 Å². The van der Waals surface area contributed by atoms with Crippen molar-refractivity contribution in [2.24, 2.45) is 0 Å². The molecule has 14 aromatic rings. The van der Waals surface area contributed by atoms with Crippen molar-refractivity contribution in [2.45, 2.75) is 0 Å². The Labute approximate surface area is 360 Å². The van der Waals surface area contributed by atoms with Gasteiger partial charge < -0.3 is 4.57 Å². The van der Waals surface area contributed by atoms with Gasteiger partial charge in [0.15, 0.2) is 0 Å². The molecule has 63 heavy (non-hydrogen) atoms. The molecule has 7 heteroatoms. The third-order valence-corrected chi connectivity index (χ3v) is 12.9. The van der Waals surface area contributed by atoms with Crippen molar-refractivity contribution >= 4 is 77.5 Å².